The molecule has 5 nitrogen and oxygen atoms in total. The lowest BCUT2D eigenvalue weighted by atomic mass is 10.2. The van der Waals surface area contributed by atoms with Crippen LogP contribution in [0.1, 0.15) is 5.56 Å². The van der Waals surface area contributed by atoms with E-state index in [0.29, 0.717) is 21.6 Å². The molecule has 0 amide bonds. The van der Waals surface area contributed by atoms with E-state index in [1.54, 1.807) is 32.6 Å². The third kappa shape index (κ3) is 5.12. The first-order valence-electron chi connectivity index (χ1n) is 6.70. The van der Waals surface area contributed by atoms with Crippen molar-refractivity contribution in [3.05, 3.63) is 53.1 Å². The van der Waals surface area contributed by atoms with Crippen molar-refractivity contribution in [1.82, 2.24) is 5.43 Å². The molecule has 0 spiro atoms. The minimum atomic E-state index is 0.365. The van der Waals surface area contributed by atoms with Gasteiger partial charge in [0.15, 0.2) is 16.6 Å². The van der Waals surface area contributed by atoms with Crippen LogP contribution in [0.15, 0.2) is 47.6 Å². The lowest BCUT2D eigenvalue weighted by Crippen LogP contribution is -2.23. The van der Waals surface area contributed by atoms with Crippen LogP contribution >= 0.6 is 23.8 Å². The highest BCUT2D eigenvalue weighted by Gasteiger charge is 2.03. The molecule has 0 aliphatic heterocycles. The number of nitrogens with zero attached hydrogens (tertiary/aromatic N) is 1. The van der Waals surface area contributed by atoms with E-state index in [1.807, 2.05) is 30.3 Å². The Morgan fingerprint density at radius 3 is 2.61 bits per heavy atom. The number of thiocarbonyl (C=S) groups is 1. The largest absolute Gasteiger partial charge is 0.493 e. The summed E-state index contributed by atoms with van der Waals surface area (Å²) in [5.41, 5.74) is 4.38. The van der Waals surface area contributed by atoms with E-state index < -0.39 is 0 Å². The van der Waals surface area contributed by atoms with Gasteiger partial charge in [-0.2, -0.15) is 5.10 Å². The Kier molecular flexibility index (Phi) is 6.19. The molecule has 0 aromatic heterocycles. The average Bonchev–Trinajstić information content (AvgIpc) is 2.54. The highest BCUT2D eigenvalue weighted by atomic mass is 35.5. The Labute approximate surface area is 145 Å². The van der Waals surface area contributed by atoms with Gasteiger partial charge in [0.1, 0.15) is 0 Å². The van der Waals surface area contributed by atoms with E-state index in [0.717, 1.165) is 11.3 Å². The number of nitrogens with one attached hydrogen (secondary N) is 2. The summed E-state index contributed by atoms with van der Waals surface area (Å²) in [5, 5.41) is 8.07. The summed E-state index contributed by atoms with van der Waals surface area (Å²) in [6, 6.07) is 12.7. The topological polar surface area (TPSA) is 54.9 Å². The second-order valence-electron chi connectivity index (χ2n) is 4.45. The normalized spacial score (nSPS) is 10.4. The van der Waals surface area contributed by atoms with Crippen molar-refractivity contribution in [2.75, 3.05) is 19.5 Å². The number of hydrogen-bond acceptors (Lipinski definition) is 4. The maximum Gasteiger partial charge on any atom is 0.191 e. The first-order valence-corrected chi connectivity index (χ1v) is 7.48. The number of hydrazone groups is 1. The number of halogens is 1. The molecule has 0 aliphatic rings. The van der Waals surface area contributed by atoms with Crippen LogP contribution in [-0.4, -0.2) is 25.5 Å². The molecule has 0 saturated carbocycles. The van der Waals surface area contributed by atoms with Gasteiger partial charge in [-0.3, -0.25) is 5.43 Å². The van der Waals surface area contributed by atoms with E-state index in [2.05, 4.69) is 15.8 Å². The second kappa shape index (κ2) is 8.36. The van der Waals surface area contributed by atoms with Crippen molar-refractivity contribution >= 4 is 40.8 Å². The second-order valence-corrected chi connectivity index (χ2v) is 5.29. The molecule has 2 rings (SSSR count). The van der Waals surface area contributed by atoms with Gasteiger partial charge >= 0.3 is 0 Å². The van der Waals surface area contributed by atoms with Crippen LogP contribution in [0.3, 0.4) is 0 Å². The molecular weight excluding hydrogens is 334 g/mol. The predicted molar refractivity (Wildman–Crippen MR) is 97.9 cm³/mol. The van der Waals surface area contributed by atoms with E-state index in [-0.39, 0.29) is 0 Å². The molecule has 0 aliphatic carbocycles. The zero-order valence-corrected chi connectivity index (χ0v) is 14.2. The Bertz CT molecular complexity index is 722. The van der Waals surface area contributed by atoms with Gasteiger partial charge in [-0.1, -0.05) is 17.7 Å². The summed E-state index contributed by atoms with van der Waals surface area (Å²) in [7, 11) is 3.17. The van der Waals surface area contributed by atoms with Gasteiger partial charge in [0, 0.05) is 10.7 Å². The van der Waals surface area contributed by atoms with Crippen LogP contribution in [0.25, 0.3) is 0 Å². The van der Waals surface area contributed by atoms with Crippen LogP contribution in [0.5, 0.6) is 11.5 Å². The molecule has 0 unspecified atom stereocenters. The molecule has 2 aromatic carbocycles. The average molecular weight is 350 g/mol. The molecule has 0 heterocycles. The SMILES string of the molecule is COc1ccc(C=NNC(=S)Nc2cccc(Cl)c2)cc1OC. The maximum atomic E-state index is 5.91. The monoisotopic (exact) mass is 349 g/mol. The highest BCUT2D eigenvalue weighted by Crippen LogP contribution is 2.26. The Morgan fingerprint density at radius 1 is 1.13 bits per heavy atom. The van der Waals surface area contributed by atoms with E-state index in [1.165, 1.54) is 0 Å². The number of benzene rings is 2. The third-order valence-electron chi connectivity index (χ3n) is 2.87. The van der Waals surface area contributed by atoms with Gasteiger partial charge < -0.3 is 14.8 Å². The first kappa shape index (κ1) is 17.1. The first-order chi connectivity index (χ1) is 11.1. The Balaban J connectivity index is 1.94. The standard InChI is InChI=1S/C16H16ClN3O2S/c1-21-14-7-6-11(8-15(14)22-2)10-18-20-16(23)19-13-5-3-4-12(17)9-13/h3-10H,1-2H3,(H2,19,20,23). The van der Waals surface area contributed by atoms with Gasteiger partial charge in [0.2, 0.25) is 0 Å². The van der Waals surface area contributed by atoms with Crippen molar-refractivity contribution in [1.29, 1.82) is 0 Å². The zero-order chi connectivity index (χ0) is 16.7. The number of ether oxygens (including phenoxy) is 2. The summed E-state index contributed by atoms with van der Waals surface area (Å²) < 4.78 is 10.4. The summed E-state index contributed by atoms with van der Waals surface area (Å²) in [6.07, 6.45) is 1.63. The van der Waals surface area contributed by atoms with E-state index in [4.69, 9.17) is 33.3 Å². The summed E-state index contributed by atoms with van der Waals surface area (Å²) >= 11 is 11.1. The van der Waals surface area contributed by atoms with Gasteiger partial charge in [-0.15, -0.1) is 0 Å². The lowest BCUT2D eigenvalue weighted by molar-refractivity contribution is 0.355. The fourth-order valence-electron chi connectivity index (χ4n) is 1.82. The van der Waals surface area contributed by atoms with Gasteiger partial charge in [0.25, 0.3) is 0 Å². The molecule has 0 bridgehead atoms. The quantitative estimate of drug-likeness (QED) is 0.490. The molecule has 0 saturated heterocycles. The molecule has 120 valence electrons. The van der Waals surface area contributed by atoms with Crippen molar-refractivity contribution < 1.29 is 9.47 Å². The molecule has 2 aromatic rings. The van der Waals surface area contributed by atoms with Crippen molar-refractivity contribution in [2.45, 2.75) is 0 Å². The van der Waals surface area contributed by atoms with Gasteiger partial charge in [-0.25, -0.2) is 0 Å². The summed E-state index contributed by atoms with van der Waals surface area (Å²) in [4.78, 5) is 0. The van der Waals surface area contributed by atoms with Gasteiger partial charge in [-0.05, 0) is 54.2 Å². The molecule has 0 fully saturated rings. The van der Waals surface area contributed by atoms with Crippen LogP contribution in [0, 0.1) is 0 Å². The minimum Gasteiger partial charge on any atom is -0.493 e. The van der Waals surface area contributed by atoms with Crippen LogP contribution < -0.4 is 20.2 Å². The third-order valence-corrected chi connectivity index (χ3v) is 3.30. The maximum absolute atomic E-state index is 5.91. The smallest absolute Gasteiger partial charge is 0.191 e. The highest BCUT2D eigenvalue weighted by molar-refractivity contribution is 7.80. The number of methoxy groups -OCH3 is 2. The lowest BCUT2D eigenvalue weighted by Gasteiger charge is -2.08. The Morgan fingerprint density at radius 2 is 1.91 bits per heavy atom. The predicted octanol–water partition coefficient (Wildman–Crippen LogP) is 3.68. The van der Waals surface area contributed by atoms with Crippen LogP contribution in [-0.2, 0) is 0 Å². The summed E-state index contributed by atoms with van der Waals surface area (Å²) in [6.45, 7) is 0. The van der Waals surface area contributed by atoms with Gasteiger partial charge in [0.05, 0.1) is 20.4 Å². The van der Waals surface area contributed by atoms with E-state index >= 15 is 0 Å². The number of anilines is 1. The zero-order valence-electron chi connectivity index (χ0n) is 12.7. The van der Waals surface area contributed by atoms with E-state index in [9.17, 15) is 0 Å². The molecule has 23 heavy (non-hydrogen) atoms. The van der Waals surface area contributed by atoms with Crippen molar-refractivity contribution in [3.63, 3.8) is 0 Å². The summed E-state index contributed by atoms with van der Waals surface area (Å²) in [5.74, 6) is 1.30. The number of rotatable bonds is 5. The Hall–Kier alpha value is -2.31. The van der Waals surface area contributed by atoms with Crippen molar-refractivity contribution in [2.24, 2.45) is 5.10 Å². The van der Waals surface area contributed by atoms with Crippen LogP contribution in [0.4, 0.5) is 5.69 Å². The van der Waals surface area contributed by atoms with Crippen molar-refractivity contribution in [3.8, 4) is 11.5 Å². The fraction of sp³-hybridized carbons (Fsp3) is 0.125. The molecule has 0 atom stereocenters. The van der Waals surface area contributed by atoms with Crippen LogP contribution in [0.2, 0.25) is 5.02 Å². The molecule has 2 N–H and O–H groups in total. The number of hydrogen-bond donors (Lipinski definition) is 2. The fourth-order valence-corrected chi connectivity index (χ4v) is 2.18. The molecule has 7 heteroatoms. The molecule has 0 radical (unpaired) electrons. The molecular formula is C16H16ClN3O2S. The minimum absolute atomic E-state index is 0.365.